The summed E-state index contributed by atoms with van der Waals surface area (Å²) >= 11 is 0. The van der Waals surface area contributed by atoms with Crippen LogP contribution in [0.4, 0.5) is 17.5 Å². The lowest BCUT2D eigenvalue weighted by Crippen LogP contribution is -2.34. The summed E-state index contributed by atoms with van der Waals surface area (Å²) in [5.41, 5.74) is 5.62. The van der Waals surface area contributed by atoms with Gasteiger partial charge in [0.1, 0.15) is 5.69 Å². The van der Waals surface area contributed by atoms with E-state index < -0.39 is 0 Å². The van der Waals surface area contributed by atoms with Crippen molar-refractivity contribution < 1.29 is 0 Å². The molecule has 1 aromatic heterocycles. The van der Waals surface area contributed by atoms with E-state index in [0.717, 1.165) is 0 Å². The highest BCUT2D eigenvalue weighted by Crippen LogP contribution is 2.18. The van der Waals surface area contributed by atoms with Crippen LogP contribution in [0.1, 0.15) is 6.92 Å². The number of hydrogen-bond acceptors (Lipinski definition) is 5. The van der Waals surface area contributed by atoms with Gasteiger partial charge in [0.25, 0.3) is 5.56 Å². The number of nitrogens with zero attached hydrogens (tertiary/aromatic N) is 1. The Hall–Kier alpha value is -1.72. The van der Waals surface area contributed by atoms with E-state index in [2.05, 4.69) is 20.6 Å². The van der Waals surface area contributed by atoms with Crippen LogP contribution in [-0.4, -0.2) is 22.6 Å². The van der Waals surface area contributed by atoms with E-state index in [-0.39, 0.29) is 17.5 Å². The molecule has 0 amide bonds. The molecule has 0 saturated heterocycles. The molecule has 13 heavy (non-hydrogen) atoms. The third-order valence-corrected chi connectivity index (χ3v) is 1.91. The highest BCUT2D eigenvalue weighted by molar-refractivity contribution is 5.66. The summed E-state index contributed by atoms with van der Waals surface area (Å²) in [5, 5.41) is 6.05. The van der Waals surface area contributed by atoms with E-state index in [1.807, 2.05) is 6.92 Å². The normalized spacial score (nSPS) is 19.9. The van der Waals surface area contributed by atoms with Crippen LogP contribution >= 0.6 is 0 Å². The van der Waals surface area contributed by atoms with Crippen molar-refractivity contribution in [3.05, 3.63) is 10.4 Å². The van der Waals surface area contributed by atoms with Gasteiger partial charge in [0.2, 0.25) is 5.95 Å². The Kier molecular flexibility index (Phi) is 1.61. The zero-order valence-electron chi connectivity index (χ0n) is 7.22. The van der Waals surface area contributed by atoms with Gasteiger partial charge < -0.3 is 16.4 Å². The molecule has 0 spiro atoms. The summed E-state index contributed by atoms with van der Waals surface area (Å²) in [6, 6.07) is 0.251. The molecule has 2 rings (SSSR count). The van der Waals surface area contributed by atoms with Crippen molar-refractivity contribution in [3.63, 3.8) is 0 Å². The van der Waals surface area contributed by atoms with Crippen LogP contribution in [0, 0.1) is 0 Å². The summed E-state index contributed by atoms with van der Waals surface area (Å²) < 4.78 is 0. The maximum Gasteiger partial charge on any atom is 0.277 e. The lowest BCUT2D eigenvalue weighted by atomic mass is 10.2. The van der Waals surface area contributed by atoms with Gasteiger partial charge in [-0.2, -0.15) is 4.98 Å². The van der Waals surface area contributed by atoms with Gasteiger partial charge in [-0.05, 0) is 6.92 Å². The second-order valence-electron chi connectivity index (χ2n) is 3.10. The largest absolute Gasteiger partial charge is 0.376 e. The van der Waals surface area contributed by atoms with Crippen LogP contribution in [0.2, 0.25) is 0 Å². The Morgan fingerprint density at radius 1 is 1.62 bits per heavy atom. The van der Waals surface area contributed by atoms with Crippen molar-refractivity contribution in [1.82, 2.24) is 9.97 Å². The zero-order chi connectivity index (χ0) is 9.42. The quantitative estimate of drug-likeness (QED) is 0.436. The van der Waals surface area contributed by atoms with Gasteiger partial charge in [-0.1, -0.05) is 0 Å². The number of nitrogens with one attached hydrogen (secondary N) is 3. The number of nitrogens with two attached hydrogens (primary N) is 1. The van der Waals surface area contributed by atoms with Crippen molar-refractivity contribution in [2.24, 2.45) is 0 Å². The Bertz CT molecular complexity index is 385. The molecule has 1 aliphatic heterocycles. The molecule has 2 heterocycles. The van der Waals surface area contributed by atoms with Crippen LogP contribution in [-0.2, 0) is 0 Å². The highest BCUT2D eigenvalue weighted by Gasteiger charge is 2.17. The van der Waals surface area contributed by atoms with Crippen molar-refractivity contribution in [3.8, 4) is 0 Å². The van der Waals surface area contributed by atoms with E-state index in [1.54, 1.807) is 0 Å². The number of aromatic nitrogens is 2. The number of fused-ring (bicyclic) bond motifs is 1. The number of hydrogen-bond donors (Lipinski definition) is 4. The number of rotatable bonds is 0. The molecule has 0 fully saturated rings. The minimum atomic E-state index is -0.234. The summed E-state index contributed by atoms with van der Waals surface area (Å²) in [4.78, 5) is 17.7. The molecule has 5 N–H and O–H groups in total. The Morgan fingerprint density at radius 3 is 3.15 bits per heavy atom. The summed E-state index contributed by atoms with van der Waals surface area (Å²) in [5.74, 6) is 0.659. The second-order valence-corrected chi connectivity index (χ2v) is 3.10. The molecule has 1 aliphatic rings. The summed E-state index contributed by atoms with van der Waals surface area (Å²) in [6.07, 6.45) is 0. The van der Waals surface area contributed by atoms with Gasteiger partial charge in [0.15, 0.2) is 5.82 Å². The monoisotopic (exact) mass is 181 g/mol. The van der Waals surface area contributed by atoms with Gasteiger partial charge in [-0.15, -0.1) is 0 Å². The first-order chi connectivity index (χ1) is 6.16. The first-order valence-electron chi connectivity index (χ1n) is 4.07. The lowest BCUT2D eigenvalue weighted by Gasteiger charge is -2.23. The first-order valence-corrected chi connectivity index (χ1v) is 4.07. The fourth-order valence-electron chi connectivity index (χ4n) is 1.30. The fraction of sp³-hybridized carbons (Fsp3) is 0.429. The topological polar surface area (TPSA) is 95.8 Å². The molecule has 6 nitrogen and oxygen atoms in total. The van der Waals surface area contributed by atoms with Crippen molar-refractivity contribution in [2.75, 3.05) is 22.9 Å². The second kappa shape index (κ2) is 2.65. The average Bonchev–Trinajstić information content (AvgIpc) is 2.02. The van der Waals surface area contributed by atoms with E-state index in [4.69, 9.17) is 5.73 Å². The number of anilines is 3. The number of aromatic amines is 1. The third kappa shape index (κ3) is 1.30. The third-order valence-electron chi connectivity index (χ3n) is 1.91. The van der Waals surface area contributed by atoms with Crippen LogP contribution in [0.3, 0.4) is 0 Å². The summed E-state index contributed by atoms with van der Waals surface area (Å²) in [6.45, 7) is 2.71. The smallest absolute Gasteiger partial charge is 0.277 e. The number of H-pyrrole nitrogens is 1. The predicted molar refractivity (Wildman–Crippen MR) is 50.8 cm³/mol. The molecule has 6 heteroatoms. The highest BCUT2D eigenvalue weighted by atomic mass is 16.1. The molecule has 0 bridgehead atoms. The van der Waals surface area contributed by atoms with E-state index in [0.29, 0.717) is 18.1 Å². The minimum absolute atomic E-state index is 0.132. The van der Waals surface area contributed by atoms with Crippen LogP contribution in [0.5, 0.6) is 0 Å². The van der Waals surface area contributed by atoms with Gasteiger partial charge in [-0.3, -0.25) is 9.78 Å². The van der Waals surface area contributed by atoms with Crippen LogP contribution in [0.25, 0.3) is 0 Å². The Morgan fingerprint density at radius 2 is 2.38 bits per heavy atom. The minimum Gasteiger partial charge on any atom is -0.376 e. The van der Waals surface area contributed by atoms with Gasteiger partial charge in [-0.25, -0.2) is 0 Å². The molecule has 0 radical (unpaired) electrons. The van der Waals surface area contributed by atoms with Crippen LogP contribution < -0.4 is 21.9 Å². The van der Waals surface area contributed by atoms with Gasteiger partial charge in [0.05, 0.1) is 0 Å². The number of nitrogen functional groups attached to an aromatic ring is 1. The lowest BCUT2D eigenvalue weighted by molar-refractivity contribution is 0.802. The molecule has 1 atom stereocenters. The molecule has 0 aliphatic carbocycles. The maximum atomic E-state index is 11.3. The standard InChI is InChI=1S/C7H11N5O/c1-3-2-9-4-5(10-3)11-7(8)12-6(4)13/h3,9H,2H2,1H3,(H4,8,10,11,12,13)/t3-/m0/s1. The molecular weight excluding hydrogens is 170 g/mol. The van der Waals surface area contributed by atoms with Crippen molar-refractivity contribution >= 4 is 17.5 Å². The predicted octanol–water partition coefficient (Wildman–Crippen LogP) is -0.422. The van der Waals surface area contributed by atoms with E-state index in [1.165, 1.54) is 0 Å². The van der Waals surface area contributed by atoms with E-state index >= 15 is 0 Å². The van der Waals surface area contributed by atoms with Gasteiger partial charge >= 0.3 is 0 Å². The average molecular weight is 181 g/mol. The SMILES string of the molecule is C[C@H]1CNc2c(nc(N)[nH]c2=O)N1. The van der Waals surface area contributed by atoms with Gasteiger partial charge in [0, 0.05) is 12.6 Å². The molecule has 70 valence electrons. The first kappa shape index (κ1) is 7.90. The summed E-state index contributed by atoms with van der Waals surface area (Å²) in [7, 11) is 0. The molecule has 0 aromatic carbocycles. The molecule has 0 unspecified atom stereocenters. The molecule has 1 aromatic rings. The molecule has 0 saturated carbocycles. The zero-order valence-corrected chi connectivity index (χ0v) is 7.22. The van der Waals surface area contributed by atoms with Crippen molar-refractivity contribution in [2.45, 2.75) is 13.0 Å². The van der Waals surface area contributed by atoms with Crippen LogP contribution in [0.15, 0.2) is 4.79 Å². The Labute approximate surface area is 74.6 Å². The Balaban J connectivity index is 2.53. The van der Waals surface area contributed by atoms with E-state index in [9.17, 15) is 4.79 Å². The fourth-order valence-corrected chi connectivity index (χ4v) is 1.30. The maximum absolute atomic E-state index is 11.3. The molecular formula is C7H11N5O. The van der Waals surface area contributed by atoms with Crippen molar-refractivity contribution in [1.29, 1.82) is 0 Å².